The standard InChI is InChI=1S/C33H47N5O6/c1-32(2,3)16-24(40)38-18-21-25(33(21,4)5)27(38)29(42)35-22(15-19-13-14-19)28(41)30(43)34-17-23(39)36-26(31(44)37(6)7)20-11-9-8-10-12-20/h8-12,19,21-22,25-27H,13-18H2,1-7H3,(H,34,43)(H,35,42)(H,36,39). The highest BCUT2D eigenvalue weighted by atomic mass is 16.2. The van der Waals surface area contributed by atoms with Gasteiger partial charge in [0.1, 0.15) is 12.1 Å². The minimum absolute atomic E-state index is 0.0111. The van der Waals surface area contributed by atoms with Crippen molar-refractivity contribution in [3.63, 3.8) is 0 Å². The smallest absolute Gasteiger partial charge is 0.290 e. The molecule has 0 aromatic heterocycles. The Labute approximate surface area is 259 Å². The van der Waals surface area contributed by atoms with Crippen molar-refractivity contribution in [2.75, 3.05) is 27.2 Å². The molecule has 1 aromatic rings. The molecule has 5 atom stereocenters. The zero-order chi connectivity index (χ0) is 32.6. The van der Waals surface area contributed by atoms with Crippen molar-refractivity contribution < 1.29 is 28.8 Å². The number of ketones is 1. The van der Waals surface area contributed by atoms with Crippen LogP contribution in [0.5, 0.6) is 0 Å². The third-order valence-corrected chi connectivity index (χ3v) is 9.14. The fraction of sp³-hybridized carbons (Fsp3) is 0.636. The number of nitrogens with zero attached hydrogens (tertiary/aromatic N) is 2. The molecule has 1 aliphatic heterocycles. The van der Waals surface area contributed by atoms with E-state index in [0.717, 1.165) is 12.8 Å². The zero-order valence-electron chi connectivity index (χ0n) is 26.9. The molecule has 1 aromatic carbocycles. The van der Waals surface area contributed by atoms with E-state index in [2.05, 4.69) is 29.8 Å². The van der Waals surface area contributed by atoms with E-state index in [0.29, 0.717) is 24.9 Å². The van der Waals surface area contributed by atoms with Crippen molar-refractivity contribution in [3.05, 3.63) is 35.9 Å². The monoisotopic (exact) mass is 609 g/mol. The number of benzene rings is 1. The van der Waals surface area contributed by atoms with Crippen molar-refractivity contribution in [1.82, 2.24) is 25.8 Å². The first kappa shape index (κ1) is 33.1. The van der Waals surface area contributed by atoms with Crippen molar-refractivity contribution in [3.8, 4) is 0 Å². The molecule has 11 heteroatoms. The summed E-state index contributed by atoms with van der Waals surface area (Å²) in [6.07, 6.45) is 2.43. The molecule has 0 radical (unpaired) electrons. The topological polar surface area (TPSA) is 145 Å². The number of carbonyl (C=O) groups is 6. The SMILES string of the molecule is CN(C)C(=O)C(NC(=O)CNC(=O)C(=O)C(CC1CC1)NC(=O)C1C2C(CN1C(=O)CC(C)(C)C)C2(C)C)c1ccccc1. The van der Waals surface area contributed by atoms with Crippen LogP contribution in [-0.2, 0) is 28.8 Å². The predicted molar refractivity (Wildman–Crippen MR) is 164 cm³/mol. The molecule has 0 bridgehead atoms. The first-order chi connectivity index (χ1) is 20.5. The summed E-state index contributed by atoms with van der Waals surface area (Å²) in [6.45, 7) is 10.1. The van der Waals surface area contributed by atoms with E-state index in [1.54, 1.807) is 49.3 Å². The van der Waals surface area contributed by atoms with E-state index in [9.17, 15) is 28.8 Å². The van der Waals surface area contributed by atoms with E-state index < -0.39 is 48.2 Å². The van der Waals surface area contributed by atoms with Gasteiger partial charge in [0.05, 0.1) is 12.6 Å². The van der Waals surface area contributed by atoms with Gasteiger partial charge in [-0.2, -0.15) is 0 Å². The summed E-state index contributed by atoms with van der Waals surface area (Å²) in [7, 11) is 3.16. The molecule has 44 heavy (non-hydrogen) atoms. The maximum absolute atomic E-state index is 13.7. The van der Waals surface area contributed by atoms with Crippen LogP contribution in [0.25, 0.3) is 0 Å². The molecule has 1 heterocycles. The average molecular weight is 610 g/mol. The molecule has 2 saturated carbocycles. The fourth-order valence-corrected chi connectivity index (χ4v) is 6.38. The summed E-state index contributed by atoms with van der Waals surface area (Å²) in [5.41, 5.74) is 0.250. The molecule has 3 aliphatic rings. The van der Waals surface area contributed by atoms with E-state index in [1.165, 1.54) is 4.90 Å². The highest BCUT2D eigenvalue weighted by molar-refractivity contribution is 6.38. The summed E-state index contributed by atoms with van der Waals surface area (Å²) < 4.78 is 0. The van der Waals surface area contributed by atoms with Crippen molar-refractivity contribution in [2.24, 2.45) is 28.6 Å². The van der Waals surface area contributed by atoms with Gasteiger partial charge in [0.15, 0.2) is 0 Å². The van der Waals surface area contributed by atoms with Gasteiger partial charge in [-0.15, -0.1) is 0 Å². The highest BCUT2D eigenvalue weighted by Crippen LogP contribution is 2.65. The first-order valence-corrected chi connectivity index (χ1v) is 15.5. The maximum Gasteiger partial charge on any atom is 0.290 e. The zero-order valence-corrected chi connectivity index (χ0v) is 26.9. The van der Waals surface area contributed by atoms with Gasteiger partial charge in [0.25, 0.3) is 5.91 Å². The third kappa shape index (κ3) is 7.65. The van der Waals surface area contributed by atoms with Crippen LogP contribution in [-0.4, -0.2) is 84.4 Å². The number of piperidine rings is 1. The molecule has 3 N–H and O–H groups in total. The van der Waals surface area contributed by atoms with Crippen LogP contribution >= 0.6 is 0 Å². The second kappa shape index (κ2) is 12.7. The minimum Gasteiger partial charge on any atom is -0.347 e. The lowest BCUT2D eigenvalue weighted by Gasteiger charge is -2.33. The largest absolute Gasteiger partial charge is 0.347 e. The van der Waals surface area contributed by atoms with Gasteiger partial charge in [-0.25, -0.2) is 0 Å². The van der Waals surface area contributed by atoms with Gasteiger partial charge in [0.2, 0.25) is 29.4 Å². The molecule has 2 aliphatic carbocycles. The van der Waals surface area contributed by atoms with Gasteiger partial charge in [-0.05, 0) is 40.6 Å². The third-order valence-electron chi connectivity index (χ3n) is 9.14. The Balaban J connectivity index is 1.40. The van der Waals surface area contributed by atoms with Crippen molar-refractivity contribution in [2.45, 2.75) is 78.4 Å². The number of hydrogen-bond donors (Lipinski definition) is 3. The van der Waals surface area contributed by atoms with E-state index in [4.69, 9.17) is 0 Å². The molecule has 0 spiro atoms. The molecule has 3 fully saturated rings. The van der Waals surface area contributed by atoms with Crippen LogP contribution in [0.15, 0.2) is 30.3 Å². The number of Topliss-reactive ketones (excluding diaryl/α,β-unsaturated/α-hetero) is 1. The Morgan fingerprint density at radius 3 is 2.20 bits per heavy atom. The normalized spacial score (nSPS) is 23.1. The van der Waals surface area contributed by atoms with E-state index >= 15 is 0 Å². The lowest BCUT2D eigenvalue weighted by atomic mass is 9.90. The van der Waals surface area contributed by atoms with E-state index in [1.807, 2.05) is 20.8 Å². The number of fused-ring (bicyclic) bond motifs is 1. The van der Waals surface area contributed by atoms with Crippen molar-refractivity contribution in [1.29, 1.82) is 0 Å². The number of hydrogen-bond acceptors (Lipinski definition) is 6. The summed E-state index contributed by atoms with van der Waals surface area (Å²) >= 11 is 0. The number of amides is 5. The van der Waals surface area contributed by atoms with Crippen molar-refractivity contribution >= 4 is 35.3 Å². The van der Waals surface area contributed by atoms with Crippen LogP contribution in [0.2, 0.25) is 0 Å². The second-order valence-electron chi connectivity index (χ2n) is 14.6. The van der Waals surface area contributed by atoms with Crippen LogP contribution in [0.3, 0.4) is 0 Å². The average Bonchev–Trinajstić information content (AvgIpc) is 3.80. The quantitative estimate of drug-likeness (QED) is 0.309. The molecule has 5 unspecified atom stereocenters. The van der Waals surface area contributed by atoms with Crippen LogP contribution in [0.1, 0.15) is 71.9 Å². The van der Waals surface area contributed by atoms with Gasteiger partial charge in [-0.1, -0.05) is 77.8 Å². The maximum atomic E-state index is 13.7. The number of likely N-dealkylation sites (tertiary alicyclic amines) is 1. The Hall–Kier alpha value is -3.76. The molecular formula is C33H47N5O6. The second-order valence-corrected chi connectivity index (χ2v) is 14.6. The van der Waals surface area contributed by atoms with Crippen LogP contribution in [0, 0.1) is 28.6 Å². The Bertz CT molecular complexity index is 1300. The molecule has 5 amide bonds. The minimum atomic E-state index is -1.06. The Morgan fingerprint density at radius 2 is 1.64 bits per heavy atom. The van der Waals surface area contributed by atoms with Gasteiger partial charge >= 0.3 is 0 Å². The first-order valence-electron chi connectivity index (χ1n) is 15.5. The summed E-state index contributed by atoms with van der Waals surface area (Å²) in [5, 5.41) is 7.83. The molecule has 1 saturated heterocycles. The number of likely N-dealkylation sites (N-methyl/N-ethyl adjacent to an activating group) is 1. The molecule has 240 valence electrons. The molecular weight excluding hydrogens is 562 g/mol. The summed E-state index contributed by atoms with van der Waals surface area (Å²) in [6, 6.07) is 6.01. The van der Waals surface area contributed by atoms with Gasteiger partial charge in [-0.3, -0.25) is 28.8 Å². The molecule has 4 rings (SSSR count). The Morgan fingerprint density at radius 1 is 1.00 bits per heavy atom. The highest BCUT2D eigenvalue weighted by Gasteiger charge is 2.69. The fourth-order valence-electron chi connectivity index (χ4n) is 6.38. The predicted octanol–water partition coefficient (Wildman–Crippen LogP) is 1.82. The van der Waals surface area contributed by atoms with Crippen LogP contribution in [0.4, 0.5) is 0 Å². The van der Waals surface area contributed by atoms with Gasteiger partial charge in [0, 0.05) is 27.1 Å². The number of rotatable bonds is 12. The molecule has 11 nitrogen and oxygen atoms in total. The lowest BCUT2D eigenvalue weighted by molar-refractivity contribution is -0.144. The van der Waals surface area contributed by atoms with E-state index in [-0.39, 0.29) is 40.4 Å². The summed E-state index contributed by atoms with van der Waals surface area (Å²) in [5.74, 6) is -2.89. The number of nitrogens with one attached hydrogen (secondary N) is 3. The summed E-state index contributed by atoms with van der Waals surface area (Å²) in [4.78, 5) is 81.8. The van der Waals surface area contributed by atoms with Gasteiger partial charge < -0.3 is 25.8 Å². The van der Waals surface area contributed by atoms with Crippen LogP contribution < -0.4 is 16.0 Å². The Kier molecular flexibility index (Phi) is 9.56. The lowest BCUT2D eigenvalue weighted by Crippen LogP contribution is -2.56. The number of carbonyl (C=O) groups excluding carboxylic acids is 6.